The topological polar surface area (TPSA) is 37.3 Å². The van der Waals surface area contributed by atoms with Gasteiger partial charge in [-0.15, -0.1) is 0 Å². The molecule has 0 bridgehead atoms. The van der Waals surface area contributed by atoms with Crippen LogP contribution in [-0.4, -0.2) is 8.76 Å². The number of rotatable bonds is 1. The summed E-state index contributed by atoms with van der Waals surface area (Å²) in [6.45, 7) is 0. The van der Waals surface area contributed by atoms with Gasteiger partial charge in [-0.1, -0.05) is 23.2 Å². The summed E-state index contributed by atoms with van der Waals surface area (Å²) in [6.07, 6.45) is 0. The van der Waals surface area contributed by atoms with Crippen molar-refractivity contribution < 1.29 is 38.3 Å². The van der Waals surface area contributed by atoms with Crippen LogP contribution in [0.1, 0.15) is 0 Å². The van der Waals surface area contributed by atoms with Gasteiger partial charge >= 0.3 is 29.6 Å². The molecule has 0 saturated heterocycles. The molecule has 12 heavy (non-hydrogen) atoms. The van der Waals surface area contributed by atoms with E-state index in [4.69, 9.17) is 27.8 Å². The van der Waals surface area contributed by atoms with Gasteiger partial charge in [-0.25, -0.2) is 4.21 Å². The minimum absolute atomic E-state index is 0. The Labute approximate surface area is 105 Å². The predicted octanol–water partition coefficient (Wildman–Crippen LogP) is -0.422. The van der Waals surface area contributed by atoms with Crippen LogP contribution in [0.25, 0.3) is 0 Å². The Morgan fingerprint density at radius 1 is 1.33 bits per heavy atom. The maximum atomic E-state index is 10.5. The van der Waals surface area contributed by atoms with Gasteiger partial charge in [0.1, 0.15) is 0 Å². The number of hydrogen-bond acceptors (Lipinski definition) is 1. The number of hydrogen-bond donors (Lipinski definition) is 1. The maximum absolute atomic E-state index is 10.5. The zero-order valence-corrected chi connectivity index (χ0v) is 10.6. The summed E-state index contributed by atoms with van der Waals surface area (Å²) >= 11 is 9.10. The first-order chi connectivity index (χ1) is 5.11. The Hall–Kier alpha value is 0.910. The predicted molar refractivity (Wildman–Crippen MR) is 45.5 cm³/mol. The van der Waals surface area contributed by atoms with Crippen LogP contribution in [0.4, 0.5) is 0 Å². The molecule has 1 atom stereocenters. The first kappa shape index (κ1) is 12.9. The molecular formula is C6H4Cl2NaO2S+. The second-order valence-electron chi connectivity index (χ2n) is 1.82. The molecule has 1 aromatic rings. The number of benzene rings is 1. The van der Waals surface area contributed by atoms with Gasteiger partial charge in [-0.2, -0.15) is 0 Å². The third-order valence-corrected chi connectivity index (χ3v) is 2.47. The van der Waals surface area contributed by atoms with Crippen LogP contribution in [0, 0.1) is 0 Å². The van der Waals surface area contributed by atoms with E-state index in [2.05, 4.69) is 0 Å². The quantitative estimate of drug-likeness (QED) is 0.529. The van der Waals surface area contributed by atoms with Crippen LogP contribution in [0.5, 0.6) is 0 Å². The van der Waals surface area contributed by atoms with E-state index in [1.807, 2.05) is 0 Å². The van der Waals surface area contributed by atoms with Crippen molar-refractivity contribution in [2.75, 3.05) is 0 Å². The van der Waals surface area contributed by atoms with Gasteiger partial charge in [0.05, 0.1) is 9.92 Å². The SMILES string of the molecule is O=S(O)c1ccc(Cl)cc1Cl.[Na+]. The molecule has 0 amide bonds. The minimum atomic E-state index is -2.04. The van der Waals surface area contributed by atoms with E-state index in [0.717, 1.165) is 0 Å². The van der Waals surface area contributed by atoms with Gasteiger partial charge in [-0.3, -0.25) is 0 Å². The summed E-state index contributed by atoms with van der Waals surface area (Å²) in [5.41, 5.74) is 0. The maximum Gasteiger partial charge on any atom is 1.00 e. The molecule has 1 N–H and O–H groups in total. The monoisotopic (exact) mass is 233 g/mol. The third kappa shape index (κ3) is 3.34. The van der Waals surface area contributed by atoms with Crippen molar-refractivity contribution in [3.05, 3.63) is 28.2 Å². The molecule has 0 fully saturated rings. The van der Waals surface area contributed by atoms with Crippen molar-refractivity contribution >= 4 is 34.3 Å². The Balaban J connectivity index is 0.00000121. The Morgan fingerprint density at radius 3 is 2.33 bits per heavy atom. The molecular weight excluding hydrogens is 230 g/mol. The number of halogens is 2. The van der Waals surface area contributed by atoms with E-state index in [-0.39, 0.29) is 39.5 Å². The van der Waals surface area contributed by atoms with Crippen molar-refractivity contribution in [1.82, 2.24) is 0 Å². The fourth-order valence-electron chi connectivity index (χ4n) is 0.617. The Morgan fingerprint density at radius 2 is 1.92 bits per heavy atom. The van der Waals surface area contributed by atoms with Gasteiger partial charge in [0.2, 0.25) is 0 Å². The fraction of sp³-hybridized carbons (Fsp3) is 0. The molecule has 0 aliphatic heterocycles. The van der Waals surface area contributed by atoms with Crippen LogP contribution in [0.3, 0.4) is 0 Å². The van der Waals surface area contributed by atoms with Crippen LogP contribution in [0.2, 0.25) is 10.0 Å². The molecule has 1 rings (SSSR count). The second kappa shape index (κ2) is 5.60. The molecule has 2 nitrogen and oxygen atoms in total. The first-order valence-corrected chi connectivity index (χ1v) is 4.53. The summed E-state index contributed by atoms with van der Waals surface area (Å²) in [5, 5.41) is 0.655. The van der Waals surface area contributed by atoms with Crippen LogP contribution >= 0.6 is 23.2 Å². The van der Waals surface area contributed by atoms with Crippen molar-refractivity contribution in [3.8, 4) is 0 Å². The summed E-state index contributed by atoms with van der Waals surface area (Å²) in [4.78, 5) is 0.177. The molecule has 1 unspecified atom stereocenters. The minimum Gasteiger partial charge on any atom is -0.302 e. The van der Waals surface area contributed by atoms with E-state index in [9.17, 15) is 4.21 Å². The largest absolute Gasteiger partial charge is 1.00 e. The van der Waals surface area contributed by atoms with Crippen molar-refractivity contribution in [3.63, 3.8) is 0 Å². The van der Waals surface area contributed by atoms with Crippen LogP contribution in [0.15, 0.2) is 23.1 Å². The normalized spacial score (nSPS) is 11.9. The van der Waals surface area contributed by atoms with Gasteiger partial charge in [0.25, 0.3) is 0 Å². The molecule has 60 valence electrons. The second-order valence-corrected chi connectivity index (χ2v) is 3.61. The first-order valence-electron chi connectivity index (χ1n) is 2.67. The van der Waals surface area contributed by atoms with Gasteiger partial charge in [-0.05, 0) is 18.2 Å². The summed E-state index contributed by atoms with van der Waals surface area (Å²) in [5.74, 6) is 0. The summed E-state index contributed by atoms with van der Waals surface area (Å²) < 4.78 is 19.2. The zero-order chi connectivity index (χ0) is 8.43. The average molecular weight is 234 g/mol. The van der Waals surface area contributed by atoms with Crippen molar-refractivity contribution in [2.24, 2.45) is 0 Å². The van der Waals surface area contributed by atoms with E-state index in [1.165, 1.54) is 18.2 Å². The molecule has 0 heterocycles. The molecule has 0 spiro atoms. The molecule has 0 aliphatic rings. The van der Waals surface area contributed by atoms with Gasteiger partial charge < -0.3 is 4.55 Å². The molecule has 1 aromatic carbocycles. The van der Waals surface area contributed by atoms with E-state index in [1.54, 1.807) is 0 Å². The van der Waals surface area contributed by atoms with E-state index >= 15 is 0 Å². The Kier molecular flexibility index (Phi) is 6.03. The molecule has 0 radical (unpaired) electrons. The Bertz CT molecular complexity index is 306. The smallest absolute Gasteiger partial charge is 0.302 e. The molecule has 0 aromatic heterocycles. The standard InChI is InChI=1S/C6H4Cl2O2S.Na/c7-4-1-2-6(11(9)10)5(8)3-4;/h1-3H,(H,9,10);/q;+1. The summed E-state index contributed by atoms with van der Waals surface area (Å²) in [7, 11) is 0. The van der Waals surface area contributed by atoms with Crippen molar-refractivity contribution in [2.45, 2.75) is 4.90 Å². The van der Waals surface area contributed by atoms with Crippen molar-refractivity contribution in [1.29, 1.82) is 0 Å². The van der Waals surface area contributed by atoms with Crippen LogP contribution < -0.4 is 29.6 Å². The van der Waals surface area contributed by atoms with E-state index < -0.39 is 11.1 Å². The van der Waals surface area contributed by atoms with Crippen LogP contribution in [-0.2, 0) is 11.1 Å². The fourth-order valence-corrected chi connectivity index (χ4v) is 1.63. The average Bonchev–Trinajstić information content (AvgIpc) is 1.85. The van der Waals surface area contributed by atoms with Gasteiger partial charge in [0.15, 0.2) is 11.1 Å². The third-order valence-electron chi connectivity index (χ3n) is 1.08. The summed E-state index contributed by atoms with van der Waals surface area (Å²) in [6, 6.07) is 4.35. The molecule has 6 heteroatoms. The van der Waals surface area contributed by atoms with Gasteiger partial charge in [0, 0.05) is 5.02 Å². The van der Waals surface area contributed by atoms with E-state index in [0.29, 0.717) is 5.02 Å². The molecule has 0 saturated carbocycles. The molecule has 0 aliphatic carbocycles. The zero-order valence-electron chi connectivity index (χ0n) is 6.25.